The zero-order valence-electron chi connectivity index (χ0n) is 14.6. The van der Waals surface area contributed by atoms with E-state index < -0.39 is 0 Å². The van der Waals surface area contributed by atoms with Crippen LogP contribution in [-0.4, -0.2) is 35.9 Å². The number of allylic oxidation sites excluding steroid dienone is 1. The lowest BCUT2D eigenvalue weighted by atomic mass is 9.89. The molecule has 1 N–H and O–H groups in total. The molecule has 2 amide bonds. The minimum Gasteiger partial charge on any atom is -0.358 e. The maximum absolute atomic E-state index is 13.1. The van der Waals surface area contributed by atoms with Gasteiger partial charge in [-0.2, -0.15) is 0 Å². The van der Waals surface area contributed by atoms with Crippen molar-refractivity contribution < 1.29 is 4.79 Å². The van der Waals surface area contributed by atoms with Crippen LogP contribution in [0.25, 0.3) is 0 Å². The van der Waals surface area contributed by atoms with Crippen LogP contribution in [0, 0.1) is 5.92 Å². The molecule has 1 aromatic carbocycles. The first-order valence-corrected chi connectivity index (χ1v) is 9.93. The highest BCUT2D eigenvalue weighted by Crippen LogP contribution is 2.33. The smallest absolute Gasteiger partial charge is 0.327 e. The van der Waals surface area contributed by atoms with Crippen LogP contribution < -0.4 is 10.2 Å². The number of nitrogens with one attached hydrogen (secondary N) is 1. The number of nitrogens with zero attached hydrogens (tertiary/aromatic N) is 2. The molecule has 0 bridgehead atoms. The van der Waals surface area contributed by atoms with E-state index in [0.29, 0.717) is 12.5 Å². The molecular weight excluding hydrogens is 334 g/mol. The highest BCUT2D eigenvalue weighted by atomic mass is 35.5. The summed E-state index contributed by atoms with van der Waals surface area (Å²) in [5, 5.41) is 3.35. The van der Waals surface area contributed by atoms with E-state index in [1.165, 1.54) is 24.8 Å². The molecule has 25 heavy (non-hydrogen) atoms. The van der Waals surface area contributed by atoms with Gasteiger partial charge >= 0.3 is 6.03 Å². The normalized spacial score (nSPS) is 25.7. The number of halogens is 1. The summed E-state index contributed by atoms with van der Waals surface area (Å²) in [6.07, 6.45) is 8.87. The molecule has 0 radical (unpaired) electrons. The van der Waals surface area contributed by atoms with Crippen molar-refractivity contribution in [3.05, 3.63) is 41.7 Å². The number of carbonyl (C=O) groups is 1. The van der Waals surface area contributed by atoms with Crippen LogP contribution in [-0.2, 0) is 6.42 Å². The fourth-order valence-corrected chi connectivity index (χ4v) is 4.41. The molecule has 2 heterocycles. The third kappa shape index (κ3) is 3.37. The third-order valence-corrected chi connectivity index (χ3v) is 6.26. The maximum atomic E-state index is 13.1. The predicted molar refractivity (Wildman–Crippen MR) is 102 cm³/mol. The highest BCUT2D eigenvalue weighted by molar-refractivity contribution is 6.20. The first kappa shape index (κ1) is 16.8. The number of rotatable bonds is 3. The second-order valence-corrected chi connectivity index (χ2v) is 7.88. The Morgan fingerprint density at radius 3 is 2.72 bits per heavy atom. The Bertz CT molecular complexity index is 671. The molecular formula is C20H26ClN3O. The highest BCUT2D eigenvalue weighted by Gasteiger charge is 2.32. The number of urea groups is 1. The lowest BCUT2D eigenvalue weighted by Crippen LogP contribution is -2.51. The Balaban J connectivity index is 1.51. The molecule has 4 rings (SSSR count). The van der Waals surface area contributed by atoms with Crippen molar-refractivity contribution in [3.63, 3.8) is 0 Å². The number of amides is 2. The van der Waals surface area contributed by atoms with E-state index in [-0.39, 0.29) is 11.4 Å². The molecule has 3 aliphatic rings. The molecule has 2 atom stereocenters. The molecule has 2 unspecified atom stereocenters. The molecule has 1 aromatic rings. The number of likely N-dealkylation sites (tertiary alicyclic amines) is 1. The van der Waals surface area contributed by atoms with E-state index in [1.54, 1.807) is 0 Å². The number of para-hydroxylation sites is 1. The summed E-state index contributed by atoms with van der Waals surface area (Å²) >= 11 is 6.46. The van der Waals surface area contributed by atoms with Crippen molar-refractivity contribution in [2.24, 2.45) is 5.92 Å². The van der Waals surface area contributed by atoms with Gasteiger partial charge in [0.15, 0.2) is 0 Å². The van der Waals surface area contributed by atoms with Crippen LogP contribution in [0.2, 0.25) is 0 Å². The van der Waals surface area contributed by atoms with Crippen LogP contribution in [0.5, 0.6) is 0 Å². The maximum Gasteiger partial charge on any atom is 0.327 e. The van der Waals surface area contributed by atoms with Gasteiger partial charge in [0.2, 0.25) is 0 Å². The molecule has 0 spiro atoms. The van der Waals surface area contributed by atoms with E-state index in [9.17, 15) is 4.79 Å². The van der Waals surface area contributed by atoms with Gasteiger partial charge in [-0.3, -0.25) is 0 Å². The zero-order chi connectivity index (χ0) is 17.2. The molecule has 1 saturated carbocycles. The van der Waals surface area contributed by atoms with Gasteiger partial charge in [0.05, 0.1) is 5.69 Å². The van der Waals surface area contributed by atoms with E-state index >= 15 is 0 Å². The van der Waals surface area contributed by atoms with E-state index in [1.807, 2.05) is 23.1 Å². The predicted octanol–water partition coefficient (Wildman–Crippen LogP) is 4.10. The summed E-state index contributed by atoms with van der Waals surface area (Å²) in [7, 11) is 0. The molecule has 2 aliphatic heterocycles. The Kier molecular flexibility index (Phi) is 4.89. The van der Waals surface area contributed by atoms with Crippen LogP contribution in [0.4, 0.5) is 10.5 Å². The number of anilines is 1. The van der Waals surface area contributed by atoms with Crippen molar-refractivity contribution >= 4 is 23.3 Å². The van der Waals surface area contributed by atoms with Crippen LogP contribution in [0.3, 0.4) is 0 Å². The zero-order valence-corrected chi connectivity index (χ0v) is 15.3. The van der Waals surface area contributed by atoms with Crippen LogP contribution in [0.1, 0.15) is 37.7 Å². The SMILES string of the molecule is O=C(NCC1CCCCC1Cl)N1C(N2CCC2)=CCc2ccccc21. The summed E-state index contributed by atoms with van der Waals surface area (Å²) in [6, 6.07) is 8.17. The lowest BCUT2D eigenvalue weighted by Gasteiger charge is -2.42. The number of fused-ring (bicyclic) bond motifs is 1. The third-order valence-electron chi connectivity index (χ3n) is 5.68. The molecule has 1 saturated heterocycles. The van der Waals surface area contributed by atoms with E-state index in [2.05, 4.69) is 22.4 Å². The van der Waals surface area contributed by atoms with E-state index in [4.69, 9.17) is 11.6 Å². The molecule has 5 heteroatoms. The molecule has 1 aliphatic carbocycles. The van der Waals surface area contributed by atoms with E-state index in [0.717, 1.165) is 43.9 Å². The number of hydrogen-bond donors (Lipinski definition) is 1. The number of hydrogen-bond acceptors (Lipinski definition) is 2. The minimum atomic E-state index is -0.0280. The Morgan fingerprint density at radius 2 is 1.96 bits per heavy atom. The van der Waals surface area contributed by atoms with Crippen molar-refractivity contribution in [1.82, 2.24) is 10.2 Å². The number of alkyl halides is 1. The van der Waals surface area contributed by atoms with Crippen molar-refractivity contribution in [2.75, 3.05) is 24.5 Å². The number of benzene rings is 1. The Hall–Kier alpha value is -1.68. The van der Waals surface area contributed by atoms with Crippen molar-refractivity contribution in [3.8, 4) is 0 Å². The van der Waals surface area contributed by atoms with Gasteiger partial charge in [-0.15, -0.1) is 11.6 Å². The monoisotopic (exact) mass is 359 g/mol. The van der Waals surface area contributed by atoms with Gasteiger partial charge in [0, 0.05) is 25.0 Å². The molecule has 0 aromatic heterocycles. The van der Waals surface area contributed by atoms with Gasteiger partial charge in [-0.05, 0) is 49.3 Å². The van der Waals surface area contributed by atoms with Gasteiger partial charge in [-0.1, -0.05) is 31.0 Å². The molecule has 134 valence electrons. The van der Waals surface area contributed by atoms with Crippen molar-refractivity contribution in [1.29, 1.82) is 0 Å². The first-order valence-electron chi connectivity index (χ1n) is 9.49. The minimum absolute atomic E-state index is 0.0280. The Labute approximate surface area is 154 Å². The molecule has 2 fully saturated rings. The summed E-state index contributed by atoms with van der Waals surface area (Å²) in [5.74, 6) is 1.42. The quantitative estimate of drug-likeness (QED) is 0.824. The largest absolute Gasteiger partial charge is 0.358 e. The topological polar surface area (TPSA) is 35.6 Å². The van der Waals surface area contributed by atoms with Crippen LogP contribution in [0.15, 0.2) is 36.2 Å². The van der Waals surface area contributed by atoms with Gasteiger partial charge in [-0.25, -0.2) is 9.69 Å². The summed E-state index contributed by atoms with van der Waals surface area (Å²) in [4.78, 5) is 17.2. The van der Waals surface area contributed by atoms with Gasteiger partial charge in [0.25, 0.3) is 0 Å². The fourth-order valence-electron chi connectivity index (χ4n) is 4.04. The second kappa shape index (κ2) is 7.28. The molecule has 4 nitrogen and oxygen atoms in total. The summed E-state index contributed by atoms with van der Waals surface area (Å²) < 4.78 is 0. The fraction of sp³-hybridized carbons (Fsp3) is 0.550. The van der Waals surface area contributed by atoms with Gasteiger partial charge < -0.3 is 10.2 Å². The first-order chi connectivity index (χ1) is 12.2. The number of carbonyl (C=O) groups excluding carboxylic acids is 1. The average Bonchev–Trinajstić information content (AvgIpc) is 2.59. The Morgan fingerprint density at radius 1 is 1.16 bits per heavy atom. The second-order valence-electron chi connectivity index (χ2n) is 7.32. The van der Waals surface area contributed by atoms with Gasteiger partial charge in [0.1, 0.15) is 5.82 Å². The average molecular weight is 360 g/mol. The summed E-state index contributed by atoms with van der Waals surface area (Å²) in [5.41, 5.74) is 2.21. The summed E-state index contributed by atoms with van der Waals surface area (Å²) in [6.45, 7) is 2.73. The lowest BCUT2D eigenvalue weighted by molar-refractivity contribution is 0.218. The van der Waals surface area contributed by atoms with Crippen LogP contribution >= 0.6 is 11.6 Å². The van der Waals surface area contributed by atoms with Crippen molar-refractivity contribution in [2.45, 2.75) is 43.9 Å². The standard InChI is InChI=1S/C20H26ClN3O/c21-17-8-3-1-7-16(17)14-22-20(25)24-18-9-4-2-6-15(18)10-11-19(24)23-12-5-13-23/h2,4,6,9,11,16-17H,1,3,5,7-8,10,12-14H2,(H,22,25).